The van der Waals surface area contributed by atoms with Gasteiger partial charge in [-0.1, -0.05) is 9.64 Å². The number of nitrogens with two attached hydrogens (primary N) is 1. The Morgan fingerprint density at radius 1 is 1.76 bits per heavy atom. The van der Waals surface area contributed by atoms with E-state index in [4.69, 9.17) is 10.9 Å². The molecule has 2 atom stereocenters. The van der Waals surface area contributed by atoms with Gasteiger partial charge in [0.25, 0.3) is 5.91 Å². The Labute approximate surface area is 100 Å². The van der Waals surface area contributed by atoms with Crippen LogP contribution in [0, 0.1) is 5.92 Å². The van der Waals surface area contributed by atoms with Crippen LogP contribution in [0.25, 0.3) is 0 Å². The molecule has 0 spiro atoms. The molecule has 1 amide bonds. The van der Waals surface area contributed by atoms with E-state index in [9.17, 15) is 4.79 Å². The van der Waals surface area contributed by atoms with Crippen molar-refractivity contribution < 1.29 is 10.0 Å². The van der Waals surface area contributed by atoms with E-state index < -0.39 is 6.17 Å². The van der Waals surface area contributed by atoms with Crippen molar-refractivity contribution in [1.82, 2.24) is 25.8 Å². The van der Waals surface area contributed by atoms with Crippen LogP contribution in [-0.4, -0.2) is 39.2 Å². The summed E-state index contributed by atoms with van der Waals surface area (Å²) in [6, 6.07) is 0. The number of carbonyl (C=O) groups excluding carboxylic acids is 1. The minimum Gasteiger partial charge on any atom is -0.409 e. The summed E-state index contributed by atoms with van der Waals surface area (Å²) in [7, 11) is 0. The third-order valence-electron chi connectivity index (χ3n) is 2.35. The van der Waals surface area contributed by atoms with E-state index in [1.54, 1.807) is 0 Å². The summed E-state index contributed by atoms with van der Waals surface area (Å²) in [5.41, 5.74) is 11.2. The standard InChI is InChI=1S/C7H11N7O2S/c8-5(13-16)3-1-9-12-6(3)11-7(15)4-2-10-14-17-4/h2-3,6,9,12,16H,1H2,(H2,8,13)(H,11,15). The van der Waals surface area contributed by atoms with Crippen molar-refractivity contribution in [3.63, 3.8) is 0 Å². The van der Waals surface area contributed by atoms with Crippen LogP contribution in [0.5, 0.6) is 0 Å². The maximum Gasteiger partial charge on any atom is 0.265 e. The molecule has 0 saturated carbocycles. The lowest BCUT2D eigenvalue weighted by Gasteiger charge is -2.17. The van der Waals surface area contributed by atoms with Crippen LogP contribution in [0.4, 0.5) is 0 Å². The number of hydrogen-bond donors (Lipinski definition) is 5. The van der Waals surface area contributed by atoms with E-state index in [0.29, 0.717) is 11.4 Å². The van der Waals surface area contributed by atoms with Gasteiger partial charge in [0.15, 0.2) is 0 Å². The Hall–Kier alpha value is -1.78. The molecule has 0 aromatic carbocycles. The highest BCUT2D eigenvalue weighted by Gasteiger charge is 2.32. The molecule has 1 aromatic rings. The van der Waals surface area contributed by atoms with Crippen LogP contribution in [0.3, 0.4) is 0 Å². The molecular formula is C7H11N7O2S. The van der Waals surface area contributed by atoms with Crippen molar-refractivity contribution in [2.45, 2.75) is 6.17 Å². The van der Waals surface area contributed by atoms with Crippen molar-refractivity contribution in [1.29, 1.82) is 0 Å². The lowest BCUT2D eigenvalue weighted by molar-refractivity contribution is 0.0931. The van der Waals surface area contributed by atoms with Gasteiger partial charge in [0.2, 0.25) is 0 Å². The maximum atomic E-state index is 11.7. The van der Waals surface area contributed by atoms with Crippen LogP contribution >= 0.6 is 11.5 Å². The molecule has 2 unspecified atom stereocenters. The molecule has 10 heteroatoms. The first kappa shape index (κ1) is 11.7. The average molecular weight is 257 g/mol. The predicted molar refractivity (Wildman–Crippen MR) is 59.2 cm³/mol. The Balaban J connectivity index is 2.01. The van der Waals surface area contributed by atoms with Gasteiger partial charge >= 0.3 is 0 Å². The van der Waals surface area contributed by atoms with Crippen molar-refractivity contribution in [3.05, 3.63) is 11.1 Å². The summed E-state index contributed by atoms with van der Waals surface area (Å²) in [4.78, 5) is 12.1. The maximum absolute atomic E-state index is 11.7. The normalized spacial score (nSPS) is 24.8. The Bertz CT molecular complexity index is 420. The molecule has 0 aliphatic carbocycles. The summed E-state index contributed by atoms with van der Waals surface area (Å²) in [6.07, 6.45) is 0.932. The highest BCUT2D eigenvalue weighted by atomic mass is 32.1. The number of rotatable bonds is 3. The molecule has 0 bridgehead atoms. The number of nitrogens with zero attached hydrogens (tertiary/aromatic N) is 3. The molecule has 2 heterocycles. The second-order valence-corrected chi connectivity index (χ2v) is 4.18. The SMILES string of the molecule is N/C(=N\O)C1CNNC1NC(=O)c1cnns1. The van der Waals surface area contributed by atoms with Gasteiger partial charge in [-0.15, -0.1) is 5.10 Å². The zero-order valence-electron chi connectivity index (χ0n) is 8.62. The van der Waals surface area contributed by atoms with Crippen LogP contribution in [0.1, 0.15) is 9.67 Å². The number of oxime groups is 1. The molecule has 17 heavy (non-hydrogen) atoms. The lowest BCUT2D eigenvalue weighted by Crippen LogP contribution is -2.49. The quantitative estimate of drug-likeness (QED) is 0.184. The lowest BCUT2D eigenvalue weighted by atomic mass is 10.1. The summed E-state index contributed by atoms with van der Waals surface area (Å²) in [5.74, 6) is -0.572. The van der Waals surface area contributed by atoms with Crippen molar-refractivity contribution in [2.24, 2.45) is 16.8 Å². The van der Waals surface area contributed by atoms with Crippen LogP contribution in [-0.2, 0) is 0 Å². The number of hydrogen-bond acceptors (Lipinski definition) is 8. The number of aromatic nitrogens is 2. The van der Waals surface area contributed by atoms with E-state index in [1.165, 1.54) is 6.20 Å². The molecule has 1 aliphatic heterocycles. The Morgan fingerprint density at radius 3 is 3.24 bits per heavy atom. The summed E-state index contributed by atoms with van der Waals surface area (Å²) in [6.45, 7) is 0.460. The van der Waals surface area contributed by atoms with Gasteiger partial charge in [-0.25, -0.2) is 5.43 Å². The van der Waals surface area contributed by atoms with Gasteiger partial charge in [0.05, 0.1) is 12.1 Å². The van der Waals surface area contributed by atoms with Gasteiger partial charge in [0, 0.05) is 6.54 Å². The molecular weight excluding hydrogens is 246 g/mol. The van der Waals surface area contributed by atoms with Gasteiger partial charge in [-0.2, -0.15) is 0 Å². The molecule has 1 aliphatic rings. The van der Waals surface area contributed by atoms with Crippen molar-refractivity contribution in [3.8, 4) is 0 Å². The van der Waals surface area contributed by atoms with E-state index in [2.05, 4.69) is 30.9 Å². The number of hydrazine groups is 1. The topological polar surface area (TPSA) is 138 Å². The Morgan fingerprint density at radius 2 is 2.59 bits per heavy atom. The first-order chi connectivity index (χ1) is 8.22. The largest absolute Gasteiger partial charge is 0.409 e. The molecule has 92 valence electrons. The van der Waals surface area contributed by atoms with Gasteiger partial charge in [-0.05, 0) is 11.5 Å². The molecule has 1 fully saturated rings. The third-order valence-corrected chi connectivity index (χ3v) is 3.01. The minimum absolute atomic E-state index is 0.0511. The molecule has 1 saturated heterocycles. The number of amidine groups is 1. The van der Waals surface area contributed by atoms with Crippen LogP contribution in [0.2, 0.25) is 0 Å². The third kappa shape index (κ3) is 2.49. The monoisotopic (exact) mass is 257 g/mol. The number of amides is 1. The highest BCUT2D eigenvalue weighted by molar-refractivity contribution is 7.07. The summed E-state index contributed by atoms with van der Waals surface area (Å²) < 4.78 is 3.59. The minimum atomic E-state index is -0.444. The van der Waals surface area contributed by atoms with E-state index in [1.807, 2.05) is 0 Å². The van der Waals surface area contributed by atoms with Gasteiger partial charge < -0.3 is 16.3 Å². The van der Waals surface area contributed by atoms with Crippen molar-refractivity contribution in [2.75, 3.05) is 6.54 Å². The van der Waals surface area contributed by atoms with Crippen molar-refractivity contribution >= 4 is 23.3 Å². The zero-order chi connectivity index (χ0) is 12.3. The fourth-order valence-corrected chi connectivity index (χ4v) is 1.88. The van der Waals surface area contributed by atoms with Gasteiger partial charge in [0.1, 0.15) is 16.9 Å². The molecule has 1 aromatic heterocycles. The van der Waals surface area contributed by atoms with E-state index >= 15 is 0 Å². The second kappa shape index (κ2) is 5.03. The number of nitrogens with one attached hydrogen (secondary N) is 3. The Kier molecular flexibility index (Phi) is 3.46. The highest BCUT2D eigenvalue weighted by Crippen LogP contribution is 2.08. The fourth-order valence-electron chi connectivity index (χ4n) is 1.46. The zero-order valence-corrected chi connectivity index (χ0v) is 9.44. The van der Waals surface area contributed by atoms with E-state index in [0.717, 1.165) is 11.5 Å². The second-order valence-electron chi connectivity index (χ2n) is 3.39. The van der Waals surface area contributed by atoms with E-state index in [-0.39, 0.29) is 17.7 Å². The fraction of sp³-hybridized carbons (Fsp3) is 0.429. The molecule has 0 radical (unpaired) electrons. The van der Waals surface area contributed by atoms with Crippen LogP contribution < -0.4 is 21.9 Å². The molecule has 9 nitrogen and oxygen atoms in total. The van der Waals surface area contributed by atoms with Gasteiger partial charge in [-0.3, -0.25) is 10.2 Å². The van der Waals surface area contributed by atoms with Crippen LogP contribution in [0.15, 0.2) is 11.4 Å². The first-order valence-corrected chi connectivity index (χ1v) is 5.53. The first-order valence-electron chi connectivity index (χ1n) is 4.76. The average Bonchev–Trinajstić information content (AvgIpc) is 2.98. The number of carbonyl (C=O) groups is 1. The molecule has 6 N–H and O–H groups in total. The molecule has 2 rings (SSSR count). The predicted octanol–water partition coefficient (Wildman–Crippen LogP) is -1.94. The summed E-state index contributed by atoms with van der Waals surface area (Å²) in [5, 5.41) is 17.8. The summed E-state index contributed by atoms with van der Waals surface area (Å²) >= 11 is 0.998. The smallest absolute Gasteiger partial charge is 0.265 e.